The van der Waals surface area contributed by atoms with E-state index in [1.807, 2.05) is 19.1 Å². The first kappa shape index (κ1) is 8.79. The number of terminal acetylenes is 1. The van der Waals surface area contributed by atoms with Gasteiger partial charge in [-0.25, -0.2) is 4.98 Å². The zero-order chi connectivity index (χ0) is 10.1. The first-order chi connectivity index (χ1) is 6.70. The highest BCUT2D eigenvalue weighted by molar-refractivity contribution is 5.72. The maximum Gasteiger partial charge on any atom is 0.159 e. The van der Waals surface area contributed by atoms with E-state index in [1.54, 1.807) is 6.08 Å². The lowest BCUT2D eigenvalue weighted by Crippen LogP contribution is -2.24. The van der Waals surface area contributed by atoms with Gasteiger partial charge in [0.15, 0.2) is 6.23 Å². The molecule has 0 amide bonds. The Labute approximate surface area is 82.5 Å². The number of aromatic nitrogens is 1. The zero-order valence-corrected chi connectivity index (χ0v) is 7.78. The summed E-state index contributed by atoms with van der Waals surface area (Å²) in [4.78, 5) is 4.25. The van der Waals surface area contributed by atoms with Crippen LogP contribution >= 0.6 is 0 Å². The number of aliphatic hydroxyl groups excluding tert-OH is 1. The number of hydrogen-bond donors (Lipinski definition) is 2. The third kappa shape index (κ3) is 1.36. The molecule has 3 heteroatoms. The fourth-order valence-corrected chi connectivity index (χ4v) is 1.37. The fraction of sp³-hybridized carbons (Fsp3) is 0.182. The zero-order valence-electron chi connectivity index (χ0n) is 7.78. The smallest absolute Gasteiger partial charge is 0.159 e. The van der Waals surface area contributed by atoms with Crippen LogP contribution < -0.4 is 5.32 Å². The lowest BCUT2D eigenvalue weighted by Gasteiger charge is -2.20. The Morgan fingerprint density at radius 2 is 2.36 bits per heavy atom. The third-order valence-corrected chi connectivity index (χ3v) is 2.11. The Bertz CT molecular complexity index is 443. The van der Waals surface area contributed by atoms with E-state index in [-0.39, 0.29) is 0 Å². The van der Waals surface area contributed by atoms with E-state index < -0.39 is 6.23 Å². The molecule has 1 aromatic rings. The molecule has 1 aromatic heterocycles. The van der Waals surface area contributed by atoms with Gasteiger partial charge in [0.2, 0.25) is 0 Å². The van der Waals surface area contributed by atoms with E-state index in [4.69, 9.17) is 6.42 Å². The summed E-state index contributed by atoms with van der Waals surface area (Å²) in [5.41, 5.74) is 2.35. The highest BCUT2D eigenvalue weighted by Gasteiger charge is 2.17. The lowest BCUT2D eigenvalue weighted by molar-refractivity contribution is 0.244. The number of hydrogen-bond acceptors (Lipinski definition) is 3. The summed E-state index contributed by atoms with van der Waals surface area (Å²) in [6, 6.07) is 3.83. The van der Waals surface area contributed by atoms with Crippen molar-refractivity contribution in [1.82, 2.24) is 4.98 Å². The first-order valence-corrected chi connectivity index (χ1v) is 4.31. The van der Waals surface area contributed by atoms with Gasteiger partial charge in [-0.15, -0.1) is 6.42 Å². The van der Waals surface area contributed by atoms with Crippen molar-refractivity contribution < 1.29 is 5.11 Å². The van der Waals surface area contributed by atoms with Crippen LogP contribution in [0.25, 0.3) is 6.08 Å². The average Bonchev–Trinajstić information content (AvgIpc) is 2.16. The van der Waals surface area contributed by atoms with Gasteiger partial charge in [0.05, 0.1) is 5.57 Å². The molecule has 0 saturated carbocycles. The summed E-state index contributed by atoms with van der Waals surface area (Å²) in [7, 11) is 0. The largest absolute Gasteiger partial charge is 0.369 e. The highest BCUT2D eigenvalue weighted by atomic mass is 16.3. The van der Waals surface area contributed by atoms with Gasteiger partial charge in [-0.2, -0.15) is 0 Å². The molecule has 0 bridgehead atoms. The van der Waals surface area contributed by atoms with Crippen molar-refractivity contribution in [2.24, 2.45) is 0 Å². The van der Waals surface area contributed by atoms with E-state index in [2.05, 4.69) is 16.2 Å². The molecule has 0 aliphatic carbocycles. The third-order valence-electron chi connectivity index (χ3n) is 2.11. The van der Waals surface area contributed by atoms with Crippen molar-refractivity contribution in [3.05, 3.63) is 29.0 Å². The van der Waals surface area contributed by atoms with Crippen LogP contribution in [-0.2, 0) is 0 Å². The van der Waals surface area contributed by atoms with Crippen molar-refractivity contribution in [2.45, 2.75) is 13.2 Å². The second-order valence-corrected chi connectivity index (χ2v) is 3.18. The molecule has 0 aromatic carbocycles. The number of nitrogens with one attached hydrogen (secondary N) is 1. The molecule has 0 spiro atoms. The van der Waals surface area contributed by atoms with E-state index in [9.17, 15) is 5.11 Å². The van der Waals surface area contributed by atoms with Gasteiger partial charge < -0.3 is 10.4 Å². The van der Waals surface area contributed by atoms with E-state index in [0.717, 1.165) is 11.3 Å². The predicted molar refractivity (Wildman–Crippen MR) is 55.4 cm³/mol. The van der Waals surface area contributed by atoms with Crippen LogP contribution in [0.15, 0.2) is 17.7 Å². The minimum absolute atomic E-state index is 0.531. The molecular formula is C11H10N2O. The van der Waals surface area contributed by atoms with Crippen molar-refractivity contribution in [2.75, 3.05) is 5.32 Å². The van der Waals surface area contributed by atoms with Gasteiger partial charge in [0.25, 0.3) is 0 Å². The quantitative estimate of drug-likeness (QED) is 0.597. The van der Waals surface area contributed by atoms with Crippen molar-refractivity contribution in [3.63, 3.8) is 0 Å². The van der Waals surface area contributed by atoms with Crippen LogP contribution in [0.4, 0.5) is 5.82 Å². The first-order valence-electron chi connectivity index (χ1n) is 4.31. The molecule has 1 aliphatic rings. The molecule has 2 N–H and O–H groups in total. The van der Waals surface area contributed by atoms with Gasteiger partial charge in [-0.1, -0.05) is 5.92 Å². The Balaban J connectivity index is 2.52. The average molecular weight is 186 g/mol. The highest BCUT2D eigenvalue weighted by Crippen LogP contribution is 2.24. The SMILES string of the molecule is C#CC1=Cc2ccc(C)nc2NC1O. The minimum Gasteiger partial charge on any atom is -0.369 e. The molecule has 1 aliphatic heterocycles. The number of pyridine rings is 1. The number of anilines is 1. The predicted octanol–water partition coefficient (Wildman–Crippen LogP) is 1.15. The molecule has 0 saturated heterocycles. The van der Waals surface area contributed by atoms with E-state index in [0.29, 0.717) is 11.4 Å². The maximum atomic E-state index is 9.54. The van der Waals surface area contributed by atoms with Crippen molar-refractivity contribution in [3.8, 4) is 12.3 Å². The number of aryl methyl sites for hydroxylation is 1. The number of fused-ring (bicyclic) bond motifs is 1. The Morgan fingerprint density at radius 3 is 3.07 bits per heavy atom. The van der Waals surface area contributed by atoms with E-state index >= 15 is 0 Å². The fourth-order valence-electron chi connectivity index (χ4n) is 1.37. The van der Waals surface area contributed by atoms with Crippen LogP contribution in [0, 0.1) is 19.3 Å². The molecule has 3 nitrogen and oxygen atoms in total. The van der Waals surface area contributed by atoms with E-state index in [1.165, 1.54) is 0 Å². The molecular weight excluding hydrogens is 176 g/mol. The number of nitrogens with zero attached hydrogens (tertiary/aromatic N) is 1. The second-order valence-electron chi connectivity index (χ2n) is 3.18. The summed E-state index contributed by atoms with van der Waals surface area (Å²) < 4.78 is 0. The molecule has 1 unspecified atom stereocenters. The standard InChI is InChI=1S/C11H10N2O/c1-3-8-6-9-5-4-7(2)12-10(9)13-11(8)14/h1,4-6,11,14H,2H3,(H,12,13). The van der Waals surface area contributed by atoms with Crippen LogP contribution in [0.2, 0.25) is 0 Å². The minimum atomic E-state index is -0.818. The lowest BCUT2D eigenvalue weighted by atomic mass is 10.1. The van der Waals surface area contributed by atoms with Crippen molar-refractivity contribution in [1.29, 1.82) is 0 Å². The second kappa shape index (κ2) is 3.17. The van der Waals surface area contributed by atoms with Gasteiger partial charge in [0, 0.05) is 11.3 Å². The van der Waals surface area contributed by atoms with Gasteiger partial charge >= 0.3 is 0 Å². The molecule has 2 rings (SSSR count). The van der Waals surface area contributed by atoms with Gasteiger partial charge in [0.1, 0.15) is 5.82 Å². The van der Waals surface area contributed by atoms with Gasteiger partial charge in [-0.3, -0.25) is 0 Å². The molecule has 1 atom stereocenters. The van der Waals surface area contributed by atoms with Crippen LogP contribution in [0.1, 0.15) is 11.3 Å². The molecule has 0 radical (unpaired) electrons. The topological polar surface area (TPSA) is 45.2 Å². The Hall–Kier alpha value is -1.79. The van der Waals surface area contributed by atoms with Crippen LogP contribution in [0.3, 0.4) is 0 Å². The summed E-state index contributed by atoms with van der Waals surface area (Å²) in [5, 5.41) is 12.4. The number of rotatable bonds is 0. The Morgan fingerprint density at radius 1 is 1.57 bits per heavy atom. The van der Waals surface area contributed by atoms with Crippen LogP contribution in [0.5, 0.6) is 0 Å². The van der Waals surface area contributed by atoms with Crippen LogP contribution in [-0.4, -0.2) is 16.3 Å². The van der Waals surface area contributed by atoms with Crippen molar-refractivity contribution >= 4 is 11.9 Å². The monoisotopic (exact) mass is 186 g/mol. The Kier molecular flexibility index (Phi) is 1.99. The molecule has 2 heterocycles. The summed E-state index contributed by atoms with van der Waals surface area (Å²) >= 11 is 0. The molecule has 14 heavy (non-hydrogen) atoms. The normalized spacial score (nSPS) is 18.9. The maximum absolute atomic E-state index is 9.54. The molecule has 0 fully saturated rings. The summed E-state index contributed by atoms with van der Waals surface area (Å²) in [5.74, 6) is 3.11. The number of aliphatic hydroxyl groups is 1. The van der Waals surface area contributed by atoms with Gasteiger partial charge in [-0.05, 0) is 25.1 Å². The summed E-state index contributed by atoms with van der Waals surface area (Å²) in [6.07, 6.45) is 6.19. The molecule has 70 valence electrons. The summed E-state index contributed by atoms with van der Waals surface area (Å²) in [6.45, 7) is 1.90.